The van der Waals surface area contributed by atoms with Crippen LogP contribution in [0.25, 0.3) is 0 Å². The van der Waals surface area contributed by atoms with Gasteiger partial charge in [0.2, 0.25) is 11.8 Å². The fraction of sp³-hybridized carbons (Fsp3) is 0.571. The van der Waals surface area contributed by atoms with Crippen molar-refractivity contribution in [3.05, 3.63) is 23.2 Å². The van der Waals surface area contributed by atoms with Crippen molar-refractivity contribution in [1.29, 1.82) is 0 Å². The van der Waals surface area contributed by atoms with E-state index in [1.807, 2.05) is 20.8 Å². The molecule has 0 spiro atoms. The van der Waals surface area contributed by atoms with Gasteiger partial charge >= 0.3 is 6.09 Å². The standard InChI is InChI=1S/C21H28ClN3O5/c1-21(2,3)30-20(28)24-9-7-23(8-10-24)19(27)14-11-18(26)25(13-14)15-5-6-17(29-4)16(22)12-15/h5-6,12,14H,7-11,13H2,1-4H3/t14-/m1/s1. The van der Waals surface area contributed by atoms with Crippen molar-refractivity contribution in [2.45, 2.75) is 32.8 Å². The van der Waals surface area contributed by atoms with Crippen LogP contribution in [0, 0.1) is 5.92 Å². The maximum atomic E-state index is 13.0. The lowest BCUT2D eigenvalue weighted by molar-refractivity contribution is -0.137. The van der Waals surface area contributed by atoms with Gasteiger partial charge in [0.1, 0.15) is 11.4 Å². The highest BCUT2D eigenvalue weighted by molar-refractivity contribution is 6.32. The average molecular weight is 438 g/mol. The van der Waals surface area contributed by atoms with Gasteiger partial charge in [-0.3, -0.25) is 9.59 Å². The summed E-state index contributed by atoms with van der Waals surface area (Å²) >= 11 is 6.18. The fourth-order valence-corrected chi connectivity index (χ4v) is 3.89. The predicted molar refractivity (Wildman–Crippen MR) is 113 cm³/mol. The van der Waals surface area contributed by atoms with Gasteiger partial charge in [-0.2, -0.15) is 0 Å². The molecule has 2 saturated heterocycles. The summed E-state index contributed by atoms with van der Waals surface area (Å²) in [7, 11) is 1.53. The molecule has 164 valence electrons. The van der Waals surface area contributed by atoms with Gasteiger partial charge in [0, 0.05) is 44.8 Å². The number of amides is 3. The van der Waals surface area contributed by atoms with Crippen molar-refractivity contribution >= 4 is 35.2 Å². The zero-order valence-electron chi connectivity index (χ0n) is 17.8. The van der Waals surface area contributed by atoms with Crippen molar-refractivity contribution < 1.29 is 23.9 Å². The number of methoxy groups -OCH3 is 1. The van der Waals surface area contributed by atoms with Gasteiger partial charge in [-0.1, -0.05) is 11.6 Å². The highest BCUT2D eigenvalue weighted by Gasteiger charge is 2.38. The first-order chi connectivity index (χ1) is 14.1. The summed E-state index contributed by atoms with van der Waals surface area (Å²) in [5, 5.41) is 0.413. The van der Waals surface area contributed by atoms with Crippen LogP contribution in [0.1, 0.15) is 27.2 Å². The largest absolute Gasteiger partial charge is 0.495 e. The lowest BCUT2D eigenvalue weighted by Gasteiger charge is -2.36. The monoisotopic (exact) mass is 437 g/mol. The summed E-state index contributed by atoms with van der Waals surface area (Å²) < 4.78 is 10.5. The second kappa shape index (κ2) is 8.71. The van der Waals surface area contributed by atoms with Crippen LogP contribution in [-0.2, 0) is 14.3 Å². The molecule has 2 aliphatic rings. The van der Waals surface area contributed by atoms with Crippen LogP contribution < -0.4 is 9.64 Å². The Balaban J connectivity index is 1.58. The molecule has 2 fully saturated rings. The van der Waals surface area contributed by atoms with Crippen LogP contribution in [0.15, 0.2) is 18.2 Å². The quantitative estimate of drug-likeness (QED) is 0.726. The van der Waals surface area contributed by atoms with E-state index in [-0.39, 0.29) is 24.3 Å². The molecule has 9 heteroatoms. The number of carbonyl (C=O) groups is 3. The summed E-state index contributed by atoms with van der Waals surface area (Å²) in [4.78, 5) is 42.6. The van der Waals surface area contributed by atoms with Crippen molar-refractivity contribution in [2.75, 3.05) is 44.7 Å². The molecule has 2 heterocycles. The van der Waals surface area contributed by atoms with Crippen molar-refractivity contribution in [3.63, 3.8) is 0 Å². The van der Waals surface area contributed by atoms with Gasteiger partial charge in [0.05, 0.1) is 18.1 Å². The van der Waals surface area contributed by atoms with Crippen molar-refractivity contribution in [3.8, 4) is 5.75 Å². The van der Waals surface area contributed by atoms with Gasteiger partial charge in [0.25, 0.3) is 0 Å². The Morgan fingerprint density at radius 1 is 1.10 bits per heavy atom. The molecule has 0 bridgehead atoms. The molecule has 3 rings (SSSR count). The first-order valence-electron chi connectivity index (χ1n) is 9.99. The lowest BCUT2D eigenvalue weighted by Crippen LogP contribution is -2.53. The second-order valence-corrected chi connectivity index (χ2v) is 8.92. The third-order valence-electron chi connectivity index (χ3n) is 5.16. The molecular weight excluding hydrogens is 410 g/mol. The molecule has 3 amide bonds. The molecule has 1 aromatic carbocycles. The molecular formula is C21H28ClN3O5. The number of rotatable bonds is 3. The summed E-state index contributed by atoms with van der Waals surface area (Å²) in [6.07, 6.45) is -0.206. The van der Waals surface area contributed by atoms with E-state index < -0.39 is 11.5 Å². The van der Waals surface area contributed by atoms with Crippen molar-refractivity contribution in [2.24, 2.45) is 5.92 Å². The second-order valence-electron chi connectivity index (χ2n) is 8.52. The third kappa shape index (κ3) is 4.98. The zero-order chi connectivity index (χ0) is 22.1. The van der Waals surface area contributed by atoms with Crippen LogP contribution in [-0.4, -0.2) is 73.1 Å². The van der Waals surface area contributed by atoms with E-state index in [0.29, 0.717) is 49.2 Å². The Hall–Kier alpha value is -2.48. The SMILES string of the molecule is COc1ccc(N2C[C@H](C(=O)N3CCN(C(=O)OC(C)(C)C)CC3)CC2=O)cc1Cl. The van der Waals surface area contributed by atoms with Crippen LogP contribution in [0.4, 0.5) is 10.5 Å². The molecule has 0 saturated carbocycles. The van der Waals surface area contributed by atoms with Crippen LogP contribution in [0.5, 0.6) is 5.75 Å². The van der Waals surface area contributed by atoms with E-state index in [0.717, 1.165) is 0 Å². The summed E-state index contributed by atoms with van der Waals surface area (Å²) in [5.41, 5.74) is 0.0954. The normalized spacial score (nSPS) is 19.8. The Labute approximate surface area is 181 Å². The van der Waals surface area contributed by atoms with E-state index in [1.54, 1.807) is 32.9 Å². The maximum Gasteiger partial charge on any atom is 0.410 e. The molecule has 8 nitrogen and oxygen atoms in total. The fourth-order valence-electron chi connectivity index (χ4n) is 3.64. The van der Waals surface area contributed by atoms with E-state index in [2.05, 4.69) is 0 Å². The summed E-state index contributed by atoms with van der Waals surface area (Å²) in [6.45, 7) is 7.47. The number of halogens is 1. The highest BCUT2D eigenvalue weighted by Crippen LogP contribution is 2.32. The number of nitrogens with zero attached hydrogens (tertiary/aromatic N) is 3. The van der Waals surface area contributed by atoms with Gasteiger partial charge in [0.15, 0.2) is 0 Å². The van der Waals surface area contributed by atoms with Gasteiger partial charge in [-0.15, -0.1) is 0 Å². The Morgan fingerprint density at radius 2 is 1.73 bits per heavy atom. The molecule has 1 aromatic rings. The molecule has 2 aliphatic heterocycles. The number of anilines is 1. The minimum atomic E-state index is -0.554. The van der Waals surface area contributed by atoms with E-state index in [9.17, 15) is 14.4 Å². The number of hydrogen-bond acceptors (Lipinski definition) is 5. The number of carbonyl (C=O) groups excluding carboxylic acids is 3. The Morgan fingerprint density at radius 3 is 2.30 bits per heavy atom. The minimum absolute atomic E-state index is 0.0608. The maximum absolute atomic E-state index is 13.0. The van der Waals surface area contributed by atoms with E-state index in [1.165, 1.54) is 7.11 Å². The summed E-state index contributed by atoms with van der Waals surface area (Å²) in [5.74, 6) is -0.0507. The van der Waals surface area contributed by atoms with Gasteiger partial charge in [-0.05, 0) is 39.0 Å². The van der Waals surface area contributed by atoms with Gasteiger partial charge < -0.3 is 24.2 Å². The average Bonchev–Trinajstić information content (AvgIpc) is 3.08. The zero-order valence-corrected chi connectivity index (χ0v) is 18.6. The lowest BCUT2D eigenvalue weighted by atomic mass is 10.1. The van der Waals surface area contributed by atoms with Crippen LogP contribution in [0.3, 0.4) is 0 Å². The van der Waals surface area contributed by atoms with E-state index in [4.69, 9.17) is 21.1 Å². The highest BCUT2D eigenvalue weighted by atomic mass is 35.5. The Kier molecular flexibility index (Phi) is 6.45. The Bertz CT molecular complexity index is 830. The smallest absolute Gasteiger partial charge is 0.410 e. The predicted octanol–water partition coefficient (Wildman–Crippen LogP) is 2.78. The van der Waals surface area contributed by atoms with Gasteiger partial charge in [-0.25, -0.2) is 4.79 Å². The van der Waals surface area contributed by atoms with Crippen LogP contribution in [0.2, 0.25) is 5.02 Å². The number of hydrogen-bond donors (Lipinski definition) is 0. The number of ether oxygens (including phenoxy) is 2. The number of piperazine rings is 1. The molecule has 0 aliphatic carbocycles. The molecule has 0 aromatic heterocycles. The third-order valence-corrected chi connectivity index (χ3v) is 5.46. The first kappa shape index (κ1) is 22.2. The molecule has 30 heavy (non-hydrogen) atoms. The molecule has 1 atom stereocenters. The topological polar surface area (TPSA) is 79.4 Å². The molecule has 0 radical (unpaired) electrons. The number of benzene rings is 1. The molecule has 0 unspecified atom stereocenters. The van der Waals surface area contributed by atoms with Crippen molar-refractivity contribution in [1.82, 2.24) is 9.80 Å². The molecule has 0 N–H and O–H groups in total. The first-order valence-corrected chi connectivity index (χ1v) is 10.4. The van der Waals surface area contributed by atoms with Crippen LogP contribution >= 0.6 is 11.6 Å². The summed E-state index contributed by atoms with van der Waals surface area (Å²) in [6, 6.07) is 5.13. The van der Waals surface area contributed by atoms with E-state index >= 15 is 0 Å². The minimum Gasteiger partial charge on any atom is -0.495 e.